The third-order valence-electron chi connectivity index (χ3n) is 3.12. The number of pyridine rings is 1. The van der Waals surface area contributed by atoms with Crippen molar-refractivity contribution in [3.8, 4) is 0 Å². The Morgan fingerprint density at radius 3 is 2.75 bits per heavy atom. The Hall–Kier alpha value is -1.38. The van der Waals surface area contributed by atoms with Crippen LogP contribution in [0.25, 0.3) is 0 Å². The van der Waals surface area contributed by atoms with Gasteiger partial charge < -0.3 is 4.90 Å². The minimum atomic E-state index is 0.0856. The largest absolute Gasteiger partial charge is 0.335 e. The van der Waals surface area contributed by atoms with Crippen LogP contribution in [0.3, 0.4) is 0 Å². The molecule has 1 fully saturated rings. The molecule has 3 nitrogen and oxygen atoms in total. The average Bonchev–Trinajstić information content (AvgIpc) is 2.77. The Morgan fingerprint density at radius 2 is 2.12 bits per heavy atom. The first-order valence-electron chi connectivity index (χ1n) is 5.90. The van der Waals surface area contributed by atoms with Crippen LogP contribution in [0.5, 0.6) is 0 Å². The fourth-order valence-corrected chi connectivity index (χ4v) is 2.29. The highest BCUT2D eigenvalue weighted by atomic mass is 16.2. The van der Waals surface area contributed by atoms with E-state index < -0.39 is 0 Å². The Labute approximate surface area is 96.5 Å². The lowest BCUT2D eigenvalue weighted by molar-refractivity contribution is -0.135. The monoisotopic (exact) mass is 218 g/mol. The topological polar surface area (TPSA) is 33.2 Å². The van der Waals surface area contributed by atoms with Crippen LogP contribution in [0, 0.1) is 5.92 Å². The van der Waals surface area contributed by atoms with Crippen LogP contribution in [-0.2, 0) is 4.79 Å². The van der Waals surface area contributed by atoms with Gasteiger partial charge in [-0.2, -0.15) is 0 Å². The molecule has 1 saturated heterocycles. The molecule has 0 N–H and O–H groups in total. The molecule has 0 aromatic carbocycles. The number of rotatable bonds is 2. The number of likely N-dealkylation sites (tertiary alicyclic amines) is 1. The highest BCUT2D eigenvalue weighted by Crippen LogP contribution is 2.32. The van der Waals surface area contributed by atoms with E-state index in [1.165, 1.54) is 5.56 Å². The van der Waals surface area contributed by atoms with Gasteiger partial charge >= 0.3 is 0 Å². The first-order valence-corrected chi connectivity index (χ1v) is 5.90. The predicted octanol–water partition coefficient (Wildman–Crippen LogP) is 2.40. The fourth-order valence-electron chi connectivity index (χ4n) is 2.29. The number of nitrogens with zero attached hydrogens (tertiary/aromatic N) is 2. The van der Waals surface area contributed by atoms with Crippen molar-refractivity contribution in [3.63, 3.8) is 0 Å². The molecule has 1 amide bonds. The molecule has 1 atom stereocenters. The van der Waals surface area contributed by atoms with Gasteiger partial charge in [0.2, 0.25) is 5.91 Å². The fraction of sp³-hybridized carbons (Fsp3) is 0.538. The van der Waals surface area contributed by atoms with E-state index in [-0.39, 0.29) is 17.9 Å². The van der Waals surface area contributed by atoms with E-state index in [2.05, 4.69) is 4.98 Å². The lowest BCUT2D eigenvalue weighted by atomic mass is 10.1. The normalized spacial score (nSPS) is 20.4. The van der Waals surface area contributed by atoms with E-state index in [0.29, 0.717) is 0 Å². The van der Waals surface area contributed by atoms with Crippen LogP contribution in [0.4, 0.5) is 0 Å². The van der Waals surface area contributed by atoms with E-state index in [1.807, 2.05) is 30.9 Å². The molecule has 0 aliphatic carbocycles. The van der Waals surface area contributed by atoms with Crippen molar-refractivity contribution in [1.29, 1.82) is 0 Å². The zero-order valence-corrected chi connectivity index (χ0v) is 9.89. The molecule has 2 heterocycles. The van der Waals surface area contributed by atoms with Crippen molar-refractivity contribution in [2.75, 3.05) is 6.54 Å². The Balaban J connectivity index is 2.19. The summed E-state index contributed by atoms with van der Waals surface area (Å²) in [4.78, 5) is 18.1. The van der Waals surface area contributed by atoms with Crippen molar-refractivity contribution < 1.29 is 4.79 Å². The van der Waals surface area contributed by atoms with Gasteiger partial charge in [0.1, 0.15) is 0 Å². The second kappa shape index (κ2) is 4.64. The van der Waals surface area contributed by atoms with Crippen LogP contribution >= 0.6 is 0 Å². The number of aromatic nitrogens is 1. The van der Waals surface area contributed by atoms with E-state index in [0.717, 1.165) is 19.4 Å². The maximum absolute atomic E-state index is 12.0. The van der Waals surface area contributed by atoms with Crippen molar-refractivity contribution in [1.82, 2.24) is 9.88 Å². The van der Waals surface area contributed by atoms with Gasteiger partial charge in [0.05, 0.1) is 6.04 Å². The summed E-state index contributed by atoms with van der Waals surface area (Å²) in [5, 5.41) is 0. The van der Waals surface area contributed by atoms with E-state index in [9.17, 15) is 4.79 Å². The van der Waals surface area contributed by atoms with Crippen LogP contribution in [-0.4, -0.2) is 22.3 Å². The first-order chi connectivity index (χ1) is 7.70. The molecule has 2 rings (SSSR count). The lowest BCUT2D eigenvalue weighted by Gasteiger charge is -2.26. The molecule has 0 saturated carbocycles. The zero-order valence-electron chi connectivity index (χ0n) is 9.89. The third-order valence-corrected chi connectivity index (χ3v) is 3.12. The summed E-state index contributed by atoms with van der Waals surface area (Å²) in [5.41, 5.74) is 1.21. The van der Waals surface area contributed by atoms with Crippen molar-refractivity contribution >= 4 is 5.91 Å². The minimum Gasteiger partial charge on any atom is -0.335 e. The maximum atomic E-state index is 12.0. The van der Waals surface area contributed by atoms with E-state index in [4.69, 9.17) is 0 Å². The quantitative estimate of drug-likeness (QED) is 0.763. The smallest absolute Gasteiger partial charge is 0.225 e. The molecule has 1 aromatic rings. The number of carbonyl (C=O) groups is 1. The summed E-state index contributed by atoms with van der Waals surface area (Å²) in [5.74, 6) is 0.349. The molecule has 0 bridgehead atoms. The molecule has 16 heavy (non-hydrogen) atoms. The second-order valence-corrected chi connectivity index (χ2v) is 4.62. The molecule has 1 aromatic heterocycles. The van der Waals surface area contributed by atoms with Crippen LogP contribution in [0.1, 0.15) is 38.3 Å². The number of amides is 1. The SMILES string of the molecule is CC(C)C(=O)N1CCC[C@H]1c1ccncc1. The van der Waals surface area contributed by atoms with Gasteiger partial charge in [0, 0.05) is 24.9 Å². The first kappa shape index (κ1) is 11.1. The van der Waals surface area contributed by atoms with Gasteiger partial charge in [-0.1, -0.05) is 13.8 Å². The molecule has 1 aliphatic rings. The minimum absolute atomic E-state index is 0.0856. The van der Waals surface area contributed by atoms with Crippen molar-refractivity contribution in [3.05, 3.63) is 30.1 Å². The molecule has 0 spiro atoms. The summed E-state index contributed by atoms with van der Waals surface area (Å²) < 4.78 is 0. The molecule has 1 aliphatic heterocycles. The molecular weight excluding hydrogens is 200 g/mol. The van der Waals surface area contributed by atoms with Crippen LogP contribution in [0.15, 0.2) is 24.5 Å². The van der Waals surface area contributed by atoms with E-state index >= 15 is 0 Å². The summed E-state index contributed by atoms with van der Waals surface area (Å²) in [7, 11) is 0. The second-order valence-electron chi connectivity index (χ2n) is 4.62. The van der Waals surface area contributed by atoms with E-state index in [1.54, 1.807) is 12.4 Å². The Bertz CT molecular complexity index is 361. The Morgan fingerprint density at radius 1 is 1.44 bits per heavy atom. The molecule has 0 unspecified atom stereocenters. The van der Waals surface area contributed by atoms with Gasteiger partial charge in [0.25, 0.3) is 0 Å². The van der Waals surface area contributed by atoms with Crippen LogP contribution < -0.4 is 0 Å². The van der Waals surface area contributed by atoms with Gasteiger partial charge in [-0.05, 0) is 30.5 Å². The summed E-state index contributed by atoms with van der Waals surface area (Å²) >= 11 is 0. The molecule has 3 heteroatoms. The van der Waals surface area contributed by atoms with Crippen molar-refractivity contribution in [2.24, 2.45) is 5.92 Å². The average molecular weight is 218 g/mol. The van der Waals surface area contributed by atoms with Gasteiger partial charge in [-0.15, -0.1) is 0 Å². The highest BCUT2D eigenvalue weighted by molar-refractivity contribution is 5.78. The Kier molecular flexibility index (Phi) is 3.22. The number of carbonyl (C=O) groups excluding carboxylic acids is 1. The summed E-state index contributed by atoms with van der Waals surface area (Å²) in [6, 6.07) is 4.28. The molecule has 0 radical (unpaired) electrons. The van der Waals surface area contributed by atoms with Crippen LogP contribution in [0.2, 0.25) is 0 Å². The number of hydrogen-bond donors (Lipinski definition) is 0. The highest BCUT2D eigenvalue weighted by Gasteiger charge is 2.30. The molecular formula is C13H18N2O. The van der Waals surface area contributed by atoms with Gasteiger partial charge in [-0.25, -0.2) is 0 Å². The zero-order chi connectivity index (χ0) is 11.5. The lowest BCUT2D eigenvalue weighted by Crippen LogP contribution is -2.33. The standard InChI is InChI=1S/C13H18N2O/c1-10(2)13(16)15-9-3-4-12(15)11-5-7-14-8-6-11/h5-8,10,12H,3-4,9H2,1-2H3/t12-/m0/s1. The summed E-state index contributed by atoms with van der Waals surface area (Å²) in [6.45, 7) is 4.82. The molecule has 86 valence electrons. The maximum Gasteiger partial charge on any atom is 0.225 e. The van der Waals surface area contributed by atoms with Gasteiger partial charge in [-0.3, -0.25) is 9.78 Å². The third kappa shape index (κ3) is 2.08. The number of hydrogen-bond acceptors (Lipinski definition) is 2. The predicted molar refractivity (Wildman–Crippen MR) is 62.8 cm³/mol. The summed E-state index contributed by atoms with van der Waals surface area (Å²) in [6.07, 6.45) is 5.77. The van der Waals surface area contributed by atoms with Gasteiger partial charge in [0.15, 0.2) is 0 Å². The van der Waals surface area contributed by atoms with Crippen molar-refractivity contribution in [2.45, 2.75) is 32.7 Å².